The number of fused-ring (bicyclic) bond motifs is 1. The van der Waals surface area contributed by atoms with Crippen molar-refractivity contribution in [3.8, 4) is 17.2 Å². The Morgan fingerprint density at radius 3 is 2.54 bits per heavy atom. The molecule has 2 N–H and O–H groups in total. The van der Waals surface area contributed by atoms with Crippen molar-refractivity contribution in [2.75, 3.05) is 12.4 Å². The maximum absolute atomic E-state index is 12.8. The highest BCUT2D eigenvalue weighted by Gasteiger charge is 2.19. The van der Waals surface area contributed by atoms with Gasteiger partial charge < -0.3 is 14.5 Å². The average molecular weight is 549 g/mol. The number of anilines is 1. The molecule has 1 aromatic heterocycles. The van der Waals surface area contributed by atoms with Gasteiger partial charge >= 0.3 is 0 Å². The maximum Gasteiger partial charge on any atom is 0.261 e. The summed E-state index contributed by atoms with van der Waals surface area (Å²) in [6.07, 6.45) is 0. The third-order valence-electron chi connectivity index (χ3n) is 5.22. The number of amides is 1. The summed E-state index contributed by atoms with van der Waals surface area (Å²) in [5.74, 6) is 0.461. The molecule has 0 aliphatic heterocycles. The van der Waals surface area contributed by atoms with E-state index in [9.17, 15) is 4.79 Å². The third kappa shape index (κ3) is 5.54. The van der Waals surface area contributed by atoms with Crippen LogP contribution in [0.3, 0.4) is 0 Å². The van der Waals surface area contributed by atoms with Gasteiger partial charge in [0, 0.05) is 10.6 Å². The van der Waals surface area contributed by atoms with Crippen molar-refractivity contribution < 1.29 is 13.9 Å². The van der Waals surface area contributed by atoms with Crippen LogP contribution in [0.5, 0.6) is 5.75 Å². The Kier molecular flexibility index (Phi) is 7.52. The first kappa shape index (κ1) is 25.3. The Morgan fingerprint density at radius 1 is 1.06 bits per heavy atom. The lowest BCUT2D eigenvalue weighted by molar-refractivity contribution is 0.0974. The Morgan fingerprint density at radius 2 is 1.83 bits per heavy atom. The Balaban J connectivity index is 1.55. The van der Waals surface area contributed by atoms with Gasteiger partial charge in [-0.3, -0.25) is 10.1 Å². The molecule has 0 saturated heterocycles. The van der Waals surface area contributed by atoms with Crippen LogP contribution in [0.1, 0.15) is 35.7 Å². The summed E-state index contributed by atoms with van der Waals surface area (Å²) in [7, 11) is 1.41. The predicted octanol–water partition coefficient (Wildman–Crippen LogP) is 7.71. The molecule has 0 aliphatic carbocycles. The highest BCUT2D eigenvalue weighted by atomic mass is 35.5. The van der Waals surface area contributed by atoms with Gasteiger partial charge in [-0.05, 0) is 66.2 Å². The van der Waals surface area contributed by atoms with Gasteiger partial charge in [0.2, 0.25) is 5.89 Å². The molecule has 1 amide bonds. The van der Waals surface area contributed by atoms with Crippen LogP contribution in [0.25, 0.3) is 22.6 Å². The van der Waals surface area contributed by atoms with Crippen LogP contribution >= 0.6 is 47.0 Å². The predicted molar refractivity (Wildman–Crippen MR) is 145 cm³/mol. The Bertz CT molecular complexity index is 1450. The second kappa shape index (κ2) is 10.4. The van der Waals surface area contributed by atoms with Crippen molar-refractivity contribution >= 4 is 74.8 Å². The van der Waals surface area contributed by atoms with E-state index in [0.717, 1.165) is 5.52 Å². The molecule has 0 radical (unpaired) electrons. The van der Waals surface area contributed by atoms with E-state index in [1.165, 1.54) is 24.8 Å². The fraction of sp³-hybridized carbons (Fsp3) is 0.160. The van der Waals surface area contributed by atoms with Gasteiger partial charge in [-0.15, -0.1) is 0 Å². The Labute approximate surface area is 222 Å². The number of benzene rings is 3. The number of rotatable bonds is 5. The molecule has 0 atom stereocenters. The summed E-state index contributed by atoms with van der Waals surface area (Å²) < 4.78 is 11.2. The monoisotopic (exact) mass is 547 g/mol. The molecule has 0 spiro atoms. The summed E-state index contributed by atoms with van der Waals surface area (Å²) in [6, 6.07) is 14.1. The van der Waals surface area contributed by atoms with E-state index in [-0.39, 0.29) is 26.5 Å². The van der Waals surface area contributed by atoms with Crippen molar-refractivity contribution in [3.63, 3.8) is 0 Å². The lowest BCUT2D eigenvalue weighted by Crippen LogP contribution is -2.34. The second-order valence-electron chi connectivity index (χ2n) is 7.97. The first-order chi connectivity index (χ1) is 16.7. The zero-order valence-electron chi connectivity index (χ0n) is 18.9. The fourth-order valence-corrected chi connectivity index (χ4v) is 4.38. The lowest BCUT2D eigenvalue weighted by Gasteiger charge is -2.14. The van der Waals surface area contributed by atoms with Gasteiger partial charge in [0.1, 0.15) is 11.3 Å². The van der Waals surface area contributed by atoms with E-state index in [0.29, 0.717) is 33.7 Å². The van der Waals surface area contributed by atoms with Crippen molar-refractivity contribution in [1.29, 1.82) is 0 Å². The molecule has 0 bridgehead atoms. The molecular formula is C25H20Cl3N3O3S. The number of ether oxygens (including phenoxy) is 1. The summed E-state index contributed by atoms with van der Waals surface area (Å²) in [5.41, 5.74) is 3.93. The molecule has 4 rings (SSSR count). The SMILES string of the molecule is COc1c(Cl)cc(Cl)cc1C(=O)NC(=S)Nc1cc(-c2nc3cc(C(C)C)ccc3o2)ccc1Cl. The van der Waals surface area contributed by atoms with Gasteiger partial charge in [0.15, 0.2) is 10.7 Å². The van der Waals surface area contributed by atoms with Gasteiger partial charge in [-0.2, -0.15) is 0 Å². The standard InChI is InChI=1S/C25H20Cl3N3O3S/c1-12(2)13-5-7-21-20(8-13)29-24(34-21)14-4-6-17(27)19(9-14)30-25(35)31-23(32)16-10-15(26)11-18(28)22(16)33-3/h4-12H,1-3H3,(H2,30,31,32,35). The summed E-state index contributed by atoms with van der Waals surface area (Å²) >= 11 is 23.8. The maximum atomic E-state index is 12.8. The molecule has 6 nitrogen and oxygen atoms in total. The number of hydrogen-bond donors (Lipinski definition) is 2. The number of oxazole rings is 1. The van der Waals surface area contributed by atoms with Crippen molar-refractivity contribution in [1.82, 2.24) is 10.3 Å². The number of carbonyl (C=O) groups is 1. The minimum atomic E-state index is -0.545. The topological polar surface area (TPSA) is 76.4 Å². The van der Waals surface area contributed by atoms with E-state index in [2.05, 4.69) is 29.5 Å². The van der Waals surface area contributed by atoms with Crippen LogP contribution in [0, 0.1) is 0 Å². The molecule has 1 heterocycles. The van der Waals surface area contributed by atoms with Crippen molar-refractivity contribution in [2.24, 2.45) is 0 Å². The zero-order valence-corrected chi connectivity index (χ0v) is 22.0. The number of aromatic nitrogens is 1. The lowest BCUT2D eigenvalue weighted by atomic mass is 10.0. The normalized spacial score (nSPS) is 11.1. The molecule has 180 valence electrons. The number of halogens is 3. The van der Waals surface area contributed by atoms with Gasteiger partial charge in [-0.1, -0.05) is 54.7 Å². The van der Waals surface area contributed by atoms with E-state index < -0.39 is 5.91 Å². The molecule has 3 aromatic carbocycles. The first-order valence-electron chi connectivity index (χ1n) is 10.5. The number of carbonyl (C=O) groups excluding carboxylic acids is 1. The van der Waals surface area contributed by atoms with E-state index in [1.807, 2.05) is 18.2 Å². The third-order valence-corrected chi connectivity index (χ3v) is 6.26. The highest BCUT2D eigenvalue weighted by Crippen LogP contribution is 2.33. The van der Waals surface area contributed by atoms with Crippen LogP contribution in [0.2, 0.25) is 15.1 Å². The van der Waals surface area contributed by atoms with Crippen molar-refractivity contribution in [2.45, 2.75) is 19.8 Å². The minimum absolute atomic E-state index is 0.0198. The molecule has 4 aromatic rings. The molecule has 10 heteroatoms. The summed E-state index contributed by atoms with van der Waals surface area (Å²) in [5, 5.41) is 6.43. The van der Waals surface area contributed by atoms with Crippen LogP contribution in [0.15, 0.2) is 52.9 Å². The van der Waals surface area contributed by atoms with E-state index in [4.69, 9.17) is 56.2 Å². The molecule has 0 saturated carbocycles. The number of hydrogen-bond acceptors (Lipinski definition) is 5. The fourth-order valence-electron chi connectivity index (χ4n) is 3.44. The number of thiocarbonyl (C=S) groups is 1. The molecule has 0 fully saturated rings. The number of nitrogens with one attached hydrogen (secondary N) is 2. The second-order valence-corrected chi connectivity index (χ2v) is 9.63. The summed E-state index contributed by atoms with van der Waals surface area (Å²) in [6.45, 7) is 4.25. The van der Waals surface area contributed by atoms with Crippen LogP contribution < -0.4 is 15.4 Å². The average Bonchev–Trinajstić information content (AvgIpc) is 3.23. The van der Waals surface area contributed by atoms with E-state index in [1.54, 1.807) is 18.2 Å². The van der Waals surface area contributed by atoms with Crippen molar-refractivity contribution in [3.05, 3.63) is 74.7 Å². The van der Waals surface area contributed by atoms with Gasteiger partial charge in [0.25, 0.3) is 5.91 Å². The number of nitrogens with zero attached hydrogens (tertiary/aromatic N) is 1. The minimum Gasteiger partial charge on any atom is -0.494 e. The van der Waals surface area contributed by atoms with Gasteiger partial charge in [-0.25, -0.2) is 4.98 Å². The quantitative estimate of drug-likeness (QED) is 0.249. The van der Waals surface area contributed by atoms with Gasteiger partial charge in [0.05, 0.1) is 28.4 Å². The molecule has 35 heavy (non-hydrogen) atoms. The molecule has 0 aliphatic rings. The smallest absolute Gasteiger partial charge is 0.261 e. The van der Waals surface area contributed by atoms with E-state index >= 15 is 0 Å². The van der Waals surface area contributed by atoms with Crippen LogP contribution in [0.4, 0.5) is 5.69 Å². The molecule has 0 unspecified atom stereocenters. The Hall–Kier alpha value is -2.84. The number of methoxy groups -OCH3 is 1. The largest absolute Gasteiger partial charge is 0.494 e. The van der Waals surface area contributed by atoms with Crippen LogP contribution in [-0.2, 0) is 0 Å². The van der Waals surface area contributed by atoms with Crippen LogP contribution in [-0.4, -0.2) is 23.1 Å². The molecular weight excluding hydrogens is 529 g/mol. The summed E-state index contributed by atoms with van der Waals surface area (Å²) in [4.78, 5) is 17.4. The zero-order chi connectivity index (χ0) is 25.3. The first-order valence-corrected chi connectivity index (χ1v) is 12.1. The highest BCUT2D eigenvalue weighted by molar-refractivity contribution is 7.80.